The Kier molecular flexibility index (Phi) is 24.2. The molecule has 1 aliphatic heterocycles. The van der Waals surface area contributed by atoms with Crippen LogP contribution in [0, 0.1) is 20.8 Å². The van der Waals surface area contributed by atoms with Crippen LogP contribution < -0.4 is 35.6 Å². The minimum Gasteiger partial charge on any atom is -0.496 e. The monoisotopic (exact) mass is 1280 g/mol. The van der Waals surface area contributed by atoms with Crippen molar-refractivity contribution < 1.29 is 52.5 Å². The van der Waals surface area contributed by atoms with Crippen LogP contribution in [0.1, 0.15) is 92.1 Å². The molecule has 9 aromatic rings. The number of aromatic nitrogens is 3. The van der Waals surface area contributed by atoms with Gasteiger partial charge in [0.25, 0.3) is 0 Å². The highest BCUT2D eigenvalue weighted by Gasteiger charge is 2.52. The van der Waals surface area contributed by atoms with Gasteiger partial charge < -0.3 is 54.0 Å². The summed E-state index contributed by atoms with van der Waals surface area (Å²) < 4.78 is 38.1. The highest BCUT2D eigenvalue weighted by atomic mass is 79.9. The van der Waals surface area contributed by atoms with Crippen molar-refractivity contribution in [2.24, 2.45) is 0 Å². The van der Waals surface area contributed by atoms with Crippen LogP contribution in [0.3, 0.4) is 0 Å². The minimum atomic E-state index is -1.02. The summed E-state index contributed by atoms with van der Waals surface area (Å²) in [5.74, 6) is 1.83. The molecule has 4 N–H and O–H groups in total. The van der Waals surface area contributed by atoms with E-state index >= 15 is 0 Å². The van der Waals surface area contributed by atoms with E-state index in [2.05, 4.69) is 128 Å². The van der Waals surface area contributed by atoms with E-state index in [1.54, 1.807) is 55.0 Å². The van der Waals surface area contributed by atoms with Crippen LogP contribution in [0.25, 0.3) is 22.3 Å². The molecule has 6 aromatic carbocycles. The Morgan fingerprint density at radius 3 is 1.19 bits per heavy atom. The molecule has 17 nitrogen and oxygen atoms in total. The van der Waals surface area contributed by atoms with E-state index in [0.717, 1.165) is 56.2 Å². The Morgan fingerprint density at radius 1 is 0.467 bits per heavy atom. The maximum atomic E-state index is 11.9. The number of esters is 2. The molecule has 1 saturated heterocycles. The SMILES string of the molecule is COC(=O)c1cc(-c2ccc(NCc3cccc(C)c3)nc2)ccc1OC.COC(=O)c1cc(B2OC(C)(C)C(C)(C)O2)ccc1OC.COc1ccc(-c2ccc(NCc3cccc(C)c3)nc2)cc1C(=O)O.Cc1cccc(CNc2ccc(Br)cn2)c1. The third kappa shape index (κ3) is 19.0. The van der Waals surface area contributed by atoms with Gasteiger partial charge in [-0.25, -0.2) is 29.3 Å². The van der Waals surface area contributed by atoms with Crippen LogP contribution in [0.15, 0.2) is 187 Å². The number of carbonyl (C=O) groups is 3. The van der Waals surface area contributed by atoms with Crippen LogP contribution >= 0.6 is 15.9 Å². The molecule has 90 heavy (non-hydrogen) atoms. The topological polar surface area (TPSA) is 211 Å². The summed E-state index contributed by atoms with van der Waals surface area (Å²) in [7, 11) is 6.66. The first-order valence-corrected chi connectivity index (χ1v) is 29.6. The van der Waals surface area contributed by atoms with E-state index in [-0.39, 0.29) is 5.56 Å². The number of carboxylic acid groups (broad SMARTS) is 1. The minimum absolute atomic E-state index is 0.131. The summed E-state index contributed by atoms with van der Waals surface area (Å²) >= 11 is 3.36. The van der Waals surface area contributed by atoms with Gasteiger partial charge in [-0.15, -0.1) is 0 Å². The third-order valence-corrected chi connectivity index (χ3v) is 15.2. The largest absolute Gasteiger partial charge is 0.496 e. The molecule has 0 saturated carbocycles. The fourth-order valence-corrected chi connectivity index (χ4v) is 9.43. The lowest BCUT2D eigenvalue weighted by atomic mass is 9.78. The van der Waals surface area contributed by atoms with Gasteiger partial charge in [0, 0.05) is 53.8 Å². The number of halogens is 1. The number of nitrogens with zero attached hydrogens (tertiary/aromatic N) is 3. The lowest BCUT2D eigenvalue weighted by Gasteiger charge is -2.32. The molecule has 0 aliphatic carbocycles. The predicted octanol–water partition coefficient (Wildman–Crippen LogP) is 14.4. The first kappa shape index (κ1) is 67.9. The Bertz CT molecular complexity index is 3850. The fourth-order valence-electron chi connectivity index (χ4n) is 9.20. The lowest BCUT2D eigenvalue weighted by molar-refractivity contribution is 0.00578. The maximum Gasteiger partial charge on any atom is 0.494 e. The molecule has 0 unspecified atom stereocenters. The van der Waals surface area contributed by atoms with Crippen molar-refractivity contribution in [2.75, 3.05) is 51.5 Å². The standard InChI is InChI=1S/C22H22N2O3.C21H20N2O3.C15H21BO5.C13H13BrN2/c1-15-5-4-6-16(11-15)13-23-21-10-8-18(14-24-21)17-7-9-20(26-2)19(12-17)22(25)27-3;1-14-4-3-5-15(10-14)12-22-20-9-7-17(13-23-20)16-6-8-19(26-2)18(11-16)21(24)25;1-14(2)15(3,4)21-16(20-14)10-7-8-12(18-5)11(9-10)13(17)19-6;1-10-3-2-4-11(7-10)8-15-13-6-5-12(14)9-16-13/h4-12,14H,13H2,1-3H3,(H,23,24);3-11,13H,12H2,1-2H3,(H,22,23)(H,24,25);7-9H,1-6H3;2-7,9H,8H2,1H3,(H,15,16). The highest BCUT2D eigenvalue weighted by Crippen LogP contribution is 2.37. The number of benzene rings is 6. The highest BCUT2D eigenvalue weighted by molar-refractivity contribution is 9.10. The van der Waals surface area contributed by atoms with Crippen LogP contribution in [0.5, 0.6) is 17.2 Å². The van der Waals surface area contributed by atoms with Gasteiger partial charge in [-0.3, -0.25) is 0 Å². The molecular formula is C71H76BBrN6O11. The van der Waals surface area contributed by atoms with Gasteiger partial charge in [0.15, 0.2) is 0 Å². The maximum absolute atomic E-state index is 11.9. The molecule has 0 atom stereocenters. The number of aromatic carboxylic acids is 1. The Hall–Kier alpha value is -9.56. The van der Waals surface area contributed by atoms with E-state index in [1.807, 2.05) is 94.4 Å². The van der Waals surface area contributed by atoms with E-state index in [4.69, 9.17) is 33.0 Å². The second-order valence-electron chi connectivity index (χ2n) is 21.9. The molecule has 0 bridgehead atoms. The molecule has 10 rings (SSSR count). The van der Waals surface area contributed by atoms with Crippen molar-refractivity contribution in [3.63, 3.8) is 0 Å². The van der Waals surface area contributed by atoms with Gasteiger partial charge in [0.2, 0.25) is 0 Å². The molecule has 3 aromatic heterocycles. The number of aryl methyl sites for hydroxylation is 3. The zero-order valence-corrected chi connectivity index (χ0v) is 54.4. The number of anilines is 3. The summed E-state index contributed by atoms with van der Waals surface area (Å²) in [6.45, 7) is 16.4. The average molecular weight is 1280 g/mol. The Morgan fingerprint density at radius 2 is 0.833 bits per heavy atom. The number of pyridine rings is 3. The number of ether oxygens (including phenoxy) is 5. The van der Waals surface area contributed by atoms with Gasteiger partial charge >= 0.3 is 25.0 Å². The number of carbonyl (C=O) groups excluding carboxylic acids is 2. The quantitative estimate of drug-likeness (QED) is 0.0465. The van der Waals surface area contributed by atoms with Gasteiger partial charge in [-0.2, -0.15) is 0 Å². The first-order chi connectivity index (χ1) is 43.1. The van der Waals surface area contributed by atoms with E-state index < -0.39 is 36.2 Å². The predicted molar refractivity (Wildman–Crippen MR) is 358 cm³/mol. The number of carboxylic acids is 1. The van der Waals surface area contributed by atoms with Gasteiger partial charge in [-0.05, 0) is 170 Å². The second-order valence-corrected chi connectivity index (χ2v) is 22.8. The first-order valence-electron chi connectivity index (χ1n) is 28.8. The van der Waals surface area contributed by atoms with Gasteiger partial charge in [0.05, 0.1) is 46.8 Å². The Labute approximate surface area is 535 Å². The number of rotatable bonds is 18. The molecule has 1 fully saturated rings. The van der Waals surface area contributed by atoms with Crippen molar-refractivity contribution >= 4 is 63.9 Å². The molecule has 0 spiro atoms. The number of nitrogens with one attached hydrogen (secondary N) is 3. The molecule has 1 aliphatic rings. The number of hydrogen-bond donors (Lipinski definition) is 4. The summed E-state index contributed by atoms with van der Waals surface area (Å²) in [6, 6.07) is 52.4. The van der Waals surface area contributed by atoms with E-state index in [9.17, 15) is 19.5 Å². The normalized spacial score (nSPS) is 12.4. The molecule has 0 radical (unpaired) electrons. The van der Waals surface area contributed by atoms with Crippen molar-refractivity contribution in [2.45, 2.75) is 79.3 Å². The average Bonchev–Trinajstić information content (AvgIpc) is 1.66. The van der Waals surface area contributed by atoms with Crippen molar-refractivity contribution in [3.8, 4) is 39.5 Å². The summed E-state index contributed by atoms with van der Waals surface area (Å²) in [5.41, 5.74) is 11.6. The third-order valence-electron chi connectivity index (χ3n) is 14.8. The van der Waals surface area contributed by atoms with Crippen LogP contribution in [-0.2, 0) is 38.4 Å². The van der Waals surface area contributed by atoms with Crippen LogP contribution in [0.4, 0.5) is 17.5 Å². The summed E-state index contributed by atoms with van der Waals surface area (Å²) in [4.78, 5) is 48.3. The van der Waals surface area contributed by atoms with E-state index in [1.165, 1.54) is 68.9 Å². The number of hydrogen-bond acceptors (Lipinski definition) is 16. The second kappa shape index (κ2) is 32.1. The van der Waals surface area contributed by atoms with E-state index in [0.29, 0.717) is 41.5 Å². The van der Waals surface area contributed by atoms with Crippen molar-refractivity contribution in [3.05, 3.63) is 237 Å². The molecular weight excluding hydrogens is 1200 g/mol. The number of methoxy groups -OCH3 is 5. The lowest BCUT2D eigenvalue weighted by Crippen LogP contribution is -2.41. The Balaban J connectivity index is 0.000000174. The summed E-state index contributed by atoms with van der Waals surface area (Å²) in [6.07, 6.45) is 5.30. The van der Waals surface area contributed by atoms with Crippen LogP contribution in [-0.4, -0.2) is 91.8 Å². The molecule has 0 amide bonds. The summed E-state index contributed by atoms with van der Waals surface area (Å²) in [5, 5.41) is 19.2. The zero-order chi connectivity index (χ0) is 65.0. The van der Waals surface area contributed by atoms with Crippen LogP contribution in [0.2, 0.25) is 0 Å². The molecule has 466 valence electrons. The van der Waals surface area contributed by atoms with Gasteiger partial charge in [-0.1, -0.05) is 108 Å². The smallest absolute Gasteiger partial charge is 0.494 e. The zero-order valence-electron chi connectivity index (χ0n) is 52.8. The molecule has 4 heterocycles. The molecule has 19 heteroatoms. The van der Waals surface area contributed by atoms with Crippen molar-refractivity contribution in [1.82, 2.24) is 15.0 Å². The van der Waals surface area contributed by atoms with Crippen molar-refractivity contribution in [1.29, 1.82) is 0 Å². The van der Waals surface area contributed by atoms with Gasteiger partial charge in [0.1, 0.15) is 51.4 Å². The fraction of sp³-hybridized carbons (Fsp3) is 0.239.